The number of nitrogens with zero attached hydrogens (tertiary/aromatic N) is 4. The fraction of sp³-hybridized carbons (Fsp3) is 0.231. The lowest BCUT2D eigenvalue weighted by Crippen LogP contribution is -2.24. The van der Waals surface area contributed by atoms with Crippen molar-refractivity contribution in [3.63, 3.8) is 0 Å². The number of para-hydroxylation sites is 1. The largest absolute Gasteiger partial charge is 0.310 e. The molecule has 0 saturated heterocycles. The zero-order valence-corrected chi connectivity index (χ0v) is 20.4. The maximum atomic E-state index is 13.9. The lowest BCUT2D eigenvalue weighted by molar-refractivity contribution is -0.113. The van der Waals surface area contributed by atoms with Crippen LogP contribution >= 0.6 is 11.8 Å². The summed E-state index contributed by atoms with van der Waals surface area (Å²) in [5, 5.41) is 13.6. The second-order valence-electron chi connectivity index (χ2n) is 8.07. The molecule has 0 aliphatic heterocycles. The Bertz CT molecular complexity index is 1530. The molecular formula is C26H24FN5O2S. The fourth-order valence-corrected chi connectivity index (χ4v) is 4.80. The van der Waals surface area contributed by atoms with Crippen molar-refractivity contribution in [3.05, 3.63) is 81.5 Å². The Morgan fingerprint density at radius 1 is 1.20 bits per heavy atom. The molecule has 2 aromatic heterocycles. The van der Waals surface area contributed by atoms with Gasteiger partial charge in [-0.05, 0) is 56.2 Å². The molecule has 4 aromatic rings. The lowest BCUT2D eigenvalue weighted by Gasteiger charge is -2.14. The van der Waals surface area contributed by atoms with Crippen LogP contribution in [0.25, 0.3) is 16.6 Å². The van der Waals surface area contributed by atoms with E-state index in [0.717, 1.165) is 23.9 Å². The summed E-state index contributed by atoms with van der Waals surface area (Å²) in [5.74, 6) is -0.523. The number of benzene rings is 2. The monoisotopic (exact) mass is 489 g/mol. The van der Waals surface area contributed by atoms with Crippen molar-refractivity contribution < 1.29 is 9.18 Å². The summed E-state index contributed by atoms with van der Waals surface area (Å²) in [6.45, 7) is 6.06. The maximum Gasteiger partial charge on any atom is 0.262 e. The molecule has 1 amide bonds. The Morgan fingerprint density at radius 3 is 2.69 bits per heavy atom. The van der Waals surface area contributed by atoms with Gasteiger partial charge in [-0.2, -0.15) is 5.26 Å². The van der Waals surface area contributed by atoms with Crippen LogP contribution in [-0.2, 0) is 11.3 Å². The number of hydrogen-bond acceptors (Lipinski definition) is 5. The zero-order valence-electron chi connectivity index (χ0n) is 19.6. The average Bonchev–Trinajstić information content (AvgIpc) is 3.08. The van der Waals surface area contributed by atoms with E-state index in [2.05, 4.69) is 16.4 Å². The molecule has 0 bridgehead atoms. The smallest absolute Gasteiger partial charge is 0.262 e. The summed E-state index contributed by atoms with van der Waals surface area (Å²) in [6, 6.07) is 15.2. The quantitative estimate of drug-likeness (QED) is 0.293. The molecule has 0 spiro atoms. The third-order valence-corrected chi connectivity index (χ3v) is 6.73. The number of anilines is 1. The molecule has 4 rings (SSSR count). The van der Waals surface area contributed by atoms with Crippen molar-refractivity contribution in [3.8, 4) is 11.8 Å². The molecule has 35 heavy (non-hydrogen) atoms. The fourth-order valence-electron chi connectivity index (χ4n) is 3.98. The van der Waals surface area contributed by atoms with E-state index in [1.807, 2.05) is 19.9 Å². The highest BCUT2D eigenvalue weighted by Gasteiger charge is 2.21. The van der Waals surface area contributed by atoms with Crippen molar-refractivity contribution in [1.29, 1.82) is 5.26 Å². The number of halogens is 1. The first-order valence-corrected chi connectivity index (χ1v) is 12.1. The van der Waals surface area contributed by atoms with Gasteiger partial charge in [0.15, 0.2) is 5.16 Å². The molecule has 9 heteroatoms. The van der Waals surface area contributed by atoms with Gasteiger partial charge >= 0.3 is 0 Å². The Morgan fingerprint density at radius 2 is 1.97 bits per heavy atom. The number of amides is 1. The Hall–Kier alpha value is -3.90. The third-order valence-electron chi connectivity index (χ3n) is 5.76. The van der Waals surface area contributed by atoms with Crippen molar-refractivity contribution in [2.75, 3.05) is 11.1 Å². The highest BCUT2D eigenvalue weighted by atomic mass is 32.2. The number of thioether (sulfide) groups is 1. The molecule has 0 fully saturated rings. The molecule has 1 N–H and O–H groups in total. The molecule has 0 unspecified atom stereocenters. The van der Waals surface area contributed by atoms with Gasteiger partial charge in [-0.3, -0.25) is 18.7 Å². The number of rotatable bonds is 7. The van der Waals surface area contributed by atoms with Crippen molar-refractivity contribution >= 4 is 34.4 Å². The van der Waals surface area contributed by atoms with Crippen LogP contribution in [-0.4, -0.2) is 25.8 Å². The van der Waals surface area contributed by atoms with Crippen LogP contribution in [0.2, 0.25) is 0 Å². The highest BCUT2D eigenvalue weighted by molar-refractivity contribution is 7.99. The van der Waals surface area contributed by atoms with Crippen molar-refractivity contribution in [2.45, 2.75) is 38.9 Å². The summed E-state index contributed by atoms with van der Waals surface area (Å²) in [7, 11) is 0. The molecule has 2 heterocycles. The number of aromatic nitrogens is 3. The van der Waals surface area contributed by atoms with E-state index in [1.54, 1.807) is 46.4 Å². The van der Waals surface area contributed by atoms with E-state index in [0.29, 0.717) is 39.4 Å². The Kier molecular flexibility index (Phi) is 7.03. The van der Waals surface area contributed by atoms with Gasteiger partial charge in [0.1, 0.15) is 17.7 Å². The molecule has 0 aliphatic carbocycles. The minimum Gasteiger partial charge on any atom is -0.310 e. The van der Waals surface area contributed by atoms with Gasteiger partial charge in [0, 0.05) is 12.2 Å². The molecule has 178 valence electrons. The van der Waals surface area contributed by atoms with E-state index in [1.165, 1.54) is 12.1 Å². The van der Waals surface area contributed by atoms with Crippen LogP contribution in [0.3, 0.4) is 0 Å². The lowest BCUT2D eigenvalue weighted by atomic mass is 10.2. The maximum absolute atomic E-state index is 13.9. The second kappa shape index (κ2) is 10.2. The van der Waals surface area contributed by atoms with Gasteiger partial charge in [0.05, 0.1) is 27.9 Å². The molecule has 0 radical (unpaired) electrons. The second-order valence-corrected chi connectivity index (χ2v) is 9.01. The first-order valence-electron chi connectivity index (χ1n) is 11.2. The topological polar surface area (TPSA) is 92.7 Å². The standard InChI is InChI=1S/C26H24FN5O2S/c1-4-12-31-25(34)20-10-5-6-11-22(20)29-26(31)35-15-23(33)30-24-21(14-28)16(2)17(3)32(24)19-9-7-8-18(27)13-19/h5-11,13H,4,12,15H2,1-3H3,(H,30,33). The van der Waals surface area contributed by atoms with Gasteiger partial charge in [-0.15, -0.1) is 0 Å². The SMILES string of the molecule is CCCn1c(SCC(=O)Nc2c(C#N)c(C)c(C)n2-c2cccc(F)c2)nc2ccccc2c1=O. The number of carbonyl (C=O) groups excluding carboxylic acids is 1. The molecule has 0 atom stereocenters. The summed E-state index contributed by atoms with van der Waals surface area (Å²) in [4.78, 5) is 30.6. The summed E-state index contributed by atoms with van der Waals surface area (Å²) in [6.07, 6.45) is 0.741. The van der Waals surface area contributed by atoms with Crippen LogP contribution < -0.4 is 10.9 Å². The zero-order chi connectivity index (χ0) is 25.1. The van der Waals surface area contributed by atoms with Gasteiger partial charge in [0.2, 0.25) is 5.91 Å². The molecular weight excluding hydrogens is 465 g/mol. The number of nitrogens with one attached hydrogen (secondary N) is 1. The minimum absolute atomic E-state index is 0.0220. The number of fused-ring (bicyclic) bond motifs is 1. The summed E-state index contributed by atoms with van der Waals surface area (Å²) in [5.41, 5.74) is 2.68. The molecule has 0 saturated carbocycles. The van der Waals surface area contributed by atoms with E-state index in [4.69, 9.17) is 0 Å². The van der Waals surface area contributed by atoms with Crippen molar-refractivity contribution in [1.82, 2.24) is 14.1 Å². The van der Waals surface area contributed by atoms with E-state index < -0.39 is 5.82 Å². The Labute approximate surface area is 206 Å². The first kappa shape index (κ1) is 24.2. The predicted octanol–water partition coefficient (Wildman–Crippen LogP) is 4.96. The van der Waals surface area contributed by atoms with Gasteiger partial charge in [-0.25, -0.2) is 9.37 Å². The molecule has 7 nitrogen and oxygen atoms in total. The average molecular weight is 490 g/mol. The minimum atomic E-state index is -0.420. The number of hydrogen-bond donors (Lipinski definition) is 1. The number of carbonyl (C=O) groups is 1. The van der Waals surface area contributed by atoms with Gasteiger partial charge < -0.3 is 5.32 Å². The van der Waals surface area contributed by atoms with E-state index in [9.17, 15) is 19.2 Å². The predicted molar refractivity (Wildman–Crippen MR) is 136 cm³/mol. The van der Waals surface area contributed by atoms with Crippen LogP contribution in [0.5, 0.6) is 0 Å². The van der Waals surface area contributed by atoms with Crippen molar-refractivity contribution in [2.24, 2.45) is 0 Å². The van der Waals surface area contributed by atoms with E-state index >= 15 is 0 Å². The highest BCUT2D eigenvalue weighted by Crippen LogP contribution is 2.30. The van der Waals surface area contributed by atoms with Crippen LogP contribution in [0, 0.1) is 31.0 Å². The third kappa shape index (κ3) is 4.70. The van der Waals surface area contributed by atoms with Gasteiger partial charge in [0.25, 0.3) is 5.56 Å². The summed E-state index contributed by atoms with van der Waals surface area (Å²) >= 11 is 1.16. The van der Waals surface area contributed by atoms with Crippen LogP contribution in [0.1, 0.15) is 30.2 Å². The van der Waals surface area contributed by atoms with Gasteiger partial charge in [-0.1, -0.05) is 36.9 Å². The van der Waals surface area contributed by atoms with E-state index in [-0.39, 0.29) is 23.0 Å². The first-order chi connectivity index (χ1) is 16.8. The Balaban J connectivity index is 1.65. The molecule has 0 aliphatic rings. The number of nitriles is 1. The van der Waals surface area contributed by atoms with Crippen LogP contribution in [0.4, 0.5) is 10.2 Å². The normalized spacial score (nSPS) is 10.9. The molecule has 2 aromatic carbocycles. The summed E-state index contributed by atoms with van der Waals surface area (Å²) < 4.78 is 17.2. The van der Waals surface area contributed by atoms with Crippen LogP contribution in [0.15, 0.2) is 58.5 Å².